The number of halogens is 3. The Morgan fingerprint density at radius 2 is 1.83 bits per heavy atom. The molecule has 9 nitrogen and oxygen atoms in total. The van der Waals surface area contributed by atoms with E-state index in [4.69, 9.17) is 24.5 Å². The highest BCUT2D eigenvalue weighted by Gasteiger charge is 2.43. The lowest BCUT2D eigenvalue weighted by Gasteiger charge is -2.30. The Balaban J connectivity index is 1.31. The van der Waals surface area contributed by atoms with Crippen LogP contribution in [0.25, 0.3) is 22.3 Å². The minimum absolute atomic E-state index is 0.0435. The Morgan fingerprint density at radius 3 is 2.57 bits per heavy atom. The van der Waals surface area contributed by atoms with E-state index >= 15 is 8.78 Å². The Morgan fingerprint density at radius 1 is 1.02 bits per heavy atom. The summed E-state index contributed by atoms with van der Waals surface area (Å²) in [6, 6.07) is 17.0. The quantitative estimate of drug-likeness (QED) is 0.204. The van der Waals surface area contributed by atoms with Gasteiger partial charge in [-0.05, 0) is 55.0 Å². The van der Waals surface area contributed by atoms with Crippen LogP contribution in [0.4, 0.5) is 13.2 Å². The molecule has 0 amide bonds. The molecule has 2 N–H and O–H groups in total. The minimum atomic E-state index is -1.71. The molecule has 0 radical (unpaired) electrons. The highest BCUT2D eigenvalue weighted by Crippen LogP contribution is 2.38. The molecule has 2 atom stereocenters. The largest absolute Gasteiger partial charge is 0.473 e. The molecule has 2 aromatic heterocycles. The summed E-state index contributed by atoms with van der Waals surface area (Å²) in [6.45, 7) is 2.27. The number of aliphatic hydroxyl groups excluding tert-OH is 1. The summed E-state index contributed by atoms with van der Waals surface area (Å²) in [5.41, 5.74) is 1.04. The van der Waals surface area contributed by atoms with Crippen LogP contribution in [0.3, 0.4) is 0 Å². The van der Waals surface area contributed by atoms with Crippen LogP contribution in [0, 0.1) is 28.8 Å². The van der Waals surface area contributed by atoms with Crippen LogP contribution in [-0.2, 0) is 22.5 Å². The first-order valence-corrected chi connectivity index (χ1v) is 14.4. The van der Waals surface area contributed by atoms with Gasteiger partial charge in [0.1, 0.15) is 35.5 Å². The van der Waals surface area contributed by atoms with Crippen LogP contribution in [-0.4, -0.2) is 50.7 Å². The van der Waals surface area contributed by atoms with E-state index in [1.54, 1.807) is 25.3 Å². The summed E-state index contributed by atoms with van der Waals surface area (Å²) < 4.78 is 64.5. The minimum Gasteiger partial charge on any atom is -0.473 e. The second-order valence-electron chi connectivity index (χ2n) is 11.2. The van der Waals surface area contributed by atoms with Gasteiger partial charge in [0, 0.05) is 36.3 Å². The highest BCUT2D eigenvalue weighted by molar-refractivity contribution is 5.77. The number of nitriles is 1. The standard InChI is InChI=1S/C34H29F3N4O5/c1-34(44-2)18-45-17-30(34)41-29-12-20(33(42)43)8-9-28(29)39-31(41)13-22-11-26(37)23(14-25(22)36)27-4-3-5-32(40-27)46-16-21-7-6-19(15-38)10-24(21)35/h3-12,14,30,33,42-43H,13,16-18H2,1-2H3/t30-,34+/m1/s1. The first-order chi connectivity index (χ1) is 22.1. The zero-order valence-corrected chi connectivity index (χ0v) is 24.9. The molecule has 0 unspecified atom stereocenters. The van der Waals surface area contributed by atoms with Gasteiger partial charge in [0.05, 0.1) is 47.6 Å². The second kappa shape index (κ2) is 12.5. The third-order valence-corrected chi connectivity index (χ3v) is 8.27. The maximum absolute atomic E-state index is 15.7. The third kappa shape index (κ3) is 5.93. The van der Waals surface area contributed by atoms with Gasteiger partial charge in [-0.15, -0.1) is 0 Å². The molecule has 0 saturated carbocycles. The SMILES string of the molecule is CO[C@@]1(C)COC[C@H]1n1c(Cc2cc(F)c(-c3cccc(OCc4ccc(C#N)cc4F)n3)cc2F)nc2ccc(C(O)O)cc21. The number of benzene rings is 3. The maximum atomic E-state index is 15.7. The molecule has 1 aliphatic rings. The summed E-state index contributed by atoms with van der Waals surface area (Å²) in [5.74, 6) is -1.53. The van der Waals surface area contributed by atoms with Gasteiger partial charge in [0.2, 0.25) is 5.88 Å². The van der Waals surface area contributed by atoms with Crippen LogP contribution >= 0.6 is 0 Å². The van der Waals surface area contributed by atoms with Gasteiger partial charge in [-0.3, -0.25) is 0 Å². The number of ether oxygens (including phenoxy) is 3. The predicted octanol–water partition coefficient (Wildman–Crippen LogP) is 5.52. The number of methoxy groups -OCH3 is 1. The van der Waals surface area contributed by atoms with Gasteiger partial charge >= 0.3 is 0 Å². The molecule has 6 rings (SSSR count). The summed E-state index contributed by atoms with van der Waals surface area (Å²) in [7, 11) is 1.57. The van der Waals surface area contributed by atoms with Gasteiger partial charge in [-0.2, -0.15) is 5.26 Å². The number of fused-ring (bicyclic) bond motifs is 1. The van der Waals surface area contributed by atoms with Crippen molar-refractivity contribution in [2.24, 2.45) is 0 Å². The van der Waals surface area contributed by atoms with Gasteiger partial charge in [0.25, 0.3) is 0 Å². The number of pyridine rings is 1. The van der Waals surface area contributed by atoms with Crippen molar-refractivity contribution in [3.8, 4) is 23.2 Å². The number of nitrogens with zero attached hydrogens (tertiary/aromatic N) is 4. The van der Waals surface area contributed by atoms with E-state index in [0.717, 1.165) is 18.2 Å². The predicted molar refractivity (Wildman–Crippen MR) is 160 cm³/mol. The number of rotatable bonds is 9. The summed E-state index contributed by atoms with van der Waals surface area (Å²) in [6.07, 6.45) is -1.80. The maximum Gasteiger partial charge on any atom is 0.214 e. The second-order valence-corrected chi connectivity index (χ2v) is 11.2. The van der Waals surface area contributed by atoms with Crippen LogP contribution in [0.5, 0.6) is 5.88 Å². The molecule has 3 heterocycles. The number of aromatic nitrogens is 3. The van der Waals surface area contributed by atoms with Crippen molar-refractivity contribution in [2.45, 2.75) is 37.9 Å². The molecule has 1 saturated heterocycles. The average molecular weight is 631 g/mol. The van der Waals surface area contributed by atoms with Crippen molar-refractivity contribution < 1.29 is 37.6 Å². The van der Waals surface area contributed by atoms with Gasteiger partial charge in [-0.1, -0.05) is 18.2 Å². The fourth-order valence-electron chi connectivity index (χ4n) is 5.60. The van der Waals surface area contributed by atoms with E-state index in [1.807, 2.05) is 17.6 Å². The van der Waals surface area contributed by atoms with Crippen LogP contribution in [0.15, 0.2) is 66.7 Å². The van der Waals surface area contributed by atoms with E-state index < -0.39 is 29.3 Å². The molecule has 12 heteroatoms. The fraction of sp³-hybridized carbons (Fsp3) is 0.265. The first kappa shape index (κ1) is 31.2. The average Bonchev–Trinajstić information content (AvgIpc) is 3.60. The van der Waals surface area contributed by atoms with E-state index in [-0.39, 0.29) is 65.1 Å². The smallest absolute Gasteiger partial charge is 0.214 e. The van der Waals surface area contributed by atoms with Crippen LogP contribution in [0.2, 0.25) is 0 Å². The summed E-state index contributed by atoms with van der Waals surface area (Å²) >= 11 is 0. The molecular formula is C34H29F3N4O5. The number of aliphatic hydroxyl groups is 2. The number of imidazole rings is 1. The van der Waals surface area contributed by atoms with Crippen molar-refractivity contribution in [1.29, 1.82) is 5.26 Å². The van der Waals surface area contributed by atoms with Crippen molar-refractivity contribution in [1.82, 2.24) is 14.5 Å². The van der Waals surface area contributed by atoms with Gasteiger partial charge < -0.3 is 29.0 Å². The Labute approximate surface area is 262 Å². The Hall–Kier alpha value is -4.80. The summed E-state index contributed by atoms with van der Waals surface area (Å²) in [5, 5.41) is 28.5. The molecule has 3 aromatic carbocycles. The number of hydrogen-bond donors (Lipinski definition) is 2. The molecule has 1 fully saturated rings. The molecule has 0 spiro atoms. The fourth-order valence-corrected chi connectivity index (χ4v) is 5.60. The van der Waals surface area contributed by atoms with E-state index in [2.05, 4.69) is 4.98 Å². The highest BCUT2D eigenvalue weighted by atomic mass is 19.1. The molecule has 236 valence electrons. The zero-order valence-electron chi connectivity index (χ0n) is 24.9. The lowest BCUT2D eigenvalue weighted by molar-refractivity contribution is -0.0424. The van der Waals surface area contributed by atoms with Gasteiger partial charge in [-0.25, -0.2) is 23.1 Å². The van der Waals surface area contributed by atoms with E-state index in [9.17, 15) is 14.6 Å². The van der Waals surface area contributed by atoms with E-state index in [0.29, 0.717) is 23.5 Å². The molecule has 1 aliphatic heterocycles. The third-order valence-electron chi connectivity index (χ3n) is 8.27. The molecule has 0 aliphatic carbocycles. The lowest BCUT2D eigenvalue weighted by atomic mass is 9.99. The first-order valence-electron chi connectivity index (χ1n) is 14.4. The Kier molecular flexibility index (Phi) is 8.50. The number of hydrogen-bond acceptors (Lipinski definition) is 8. The van der Waals surface area contributed by atoms with Crippen molar-refractivity contribution in [3.63, 3.8) is 0 Å². The Bertz CT molecular complexity index is 1980. The normalized spacial score (nSPS) is 17.9. The van der Waals surface area contributed by atoms with Crippen molar-refractivity contribution in [3.05, 3.63) is 112 Å². The van der Waals surface area contributed by atoms with Crippen LogP contribution in [0.1, 0.15) is 47.3 Å². The lowest BCUT2D eigenvalue weighted by Crippen LogP contribution is -2.38. The van der Waals surface area contributed by atoms with Crippen molar-refractivity contribution in [2.75, 3.05) is 20.3 Å². The molecule has 5 aromatic rings. The van der Waals surface area contributed by atoms with Gasteiger partial charge in [0.15, 0.2) is 6.29 Å². The molecule has 0 bridgehead atoms. The molecular weight excluding hydrogens is 601 g/mol. The summed E-state index contributed by atoms with van der Waals surface area (Å²) in [4.78, 5) is 9.00. The monoisotopic (exact) mass is 630 g/mol. The van der Waals surface area contributed by atoms with Crippen molar-refractivity contribution >= 4 is 11.0 Å². The van der Waals surface area contributed by atoms with E-state index in [1.165, 1.54) is 30.3 Å². The van der Waals surface area contributed by atoms with Crippen LogP contribution < -0.4 is 4.74 Å². The molecule has 46 heavy (non-hydrogen) atoms. The zero-order chi connectivity index (χ0) is 32.6. The topological polar surface area (TPSA) is 123 Å².